The van der Waals surface area contributed by atoms with Gasteiger partial charge in [0.15, 0.2) is 0 Å². The van der Waals surface area contributed by atoms with Crippen LogP contribution in [0.3, 0.4) is 0 Å². The molecule has 5 rings (SSSR count). The van der Waals surface area contributed by atoms with Crippen molar-refractivity contribution in [2.24, 2.45) is 0 Å². The smallest absolute Gasteiger partial charge is 0.350 e. The van der Waals surface area contributed by atoms with Gasteiger partial charge in [-0.3, -0.25) is 9.36 Å². The van der Waals surface area contributed by atoms with Gasteiger partial charge in [0, 0.05) is 66.5 Å². The van der Waals surface area contributed by atoms with E-state index in [0.29, 0.717) is 59.1 Å². The van der Waals surface area contributed by atoms with E-state index < -0.39 is 17.3 Å². The zero-order valence-corrected chi connectivity index (χ0v) is 22.1. The van der Waals surface area contributed by atoms with Crippen LogP contribution >= 0.6 is 35.0 Å². The van der Waals surface area contributed by atoms with E-state index in [4.69, 9.17) is 27.9 Å². The molecule has 1 aromatic heterocycles. The minimum absolute atomic E-state index is 0.0329. The number of carbonyl (C=O) groups excluding carboxylic acids is 1. The van der Waals surface area contributed by atoms with E-state index in [-0.39, 0.29) is 34.2 Å². The molecule has 12 heteroatoms. The predicted molar refractivity (Wildman–Crippen MR) is 142 cm³/mol. The van der Waals surface area contributed by atoms with Crippen molar-refractivity contribution in [3.63, 3.8) is 0 Å². The normalized spacial score (nSPS) is 17.7. The summed E-state index contributed by atoms with van der Waals surface area (Å²) in [6.07, 6.45) is 0.963. The fourth-order valence-electron chi connectivity index (χ4n) is 4.72. The molecule has 7 nitrogen and oxygen atoms in total. The van der Waals surface area contributed by atoms with Crippen molar-refractivity contribution < 1.29 is 18.3 Å². The molecular formula is C25H22Cl2F2N4O3S. The van der Waals surface area contributed by atoms with Crippen molar-refractivity contribution in [1.82, 2.24) is 14.5 Å². The Morgan fingerprint density at radius 1 is 1.16 bits per heavy atom. The number of aromatic nitrogens is 2. The lowest BCUT2D eigenvalue weighted by atomic mass is 10.0. The number of hydrogen-bond acceptors (Lipinski definition) is 6. The average Bonchev–Trinajstić information content (AvgIpc) is 3.09. The van der Waals surface area contributed by atoms with Crippen molar-refractivity contribution in [2.45, 2.75) is 17.5 Å². The Bertz CT molecular complexity index is 1490. The molecule has 3 heterocycles. The highest BCUT2D eigenvalue weighted by Crippen LogP contribution is 2.46. The molecule has 0 unspecified atom stereocenters. The molecular weight excluding hydrogens is 545 g/mol. The molecule has 37 heavy (non-hydrogen) atoms. The van der Waals surface area contributed by atoms with Crippen molar-refractivity contribution in [2.75, 3.05) is 43.9 Å². The molecule has 0 aliphatic carbocycles. The Labute approximate surface area is 225 Å². The molecule has 194 valence electrons. The van der Waals surface area contributed by atoms with Crippen molar-refractivity contribution in [3.05, 3.63) is 63.0 Å². The van der Waals surface area contributed by atoms with Gasteiger partial charge in [0.2, 0.25) is 5.91 Å². The highest BCUT2D eigenvalue weighted by atomic mass is 35.5. The second-order valence-electron chi connectivity index (χ2n) is 8.72. The zero-order valence-electron chi connectivity index (χ0n) is 19.8. The van der Waals surface area contributed by atoms with Gasteiger partial charge in [0.05, 0.1) is 28.2 Å². The van der Waals surface area contributed by atoms with E-state index in [9.17, 15) is 14.0 Å². The first-order valence-corrected chi connectivity index (χ1v) is 13.2. The summed E-state index contributed by atoms with van der Waals surface area (Å²) in [5, 5.41) is 0.582. The maximum atomic E-state index is 15.0. The summed E-state index contributed by atoms with van der Waals surface area (Å²) < 4.78 is 36.1. The lowest BCUT2D eigenvalue weighted by Gasteiger charge is -2.35. The summed E-state index contributed by atoms with van der Waals surface area (Å²) >= 11 is 14.2. The number of ether oxygens (including phenoxy) is 1. The molecule has 1 amide bonds. The summed E-state index contributed by atoms with van der Waals surface area (Å²) in [4.78, 5) is 33.9. The van der Waals surface area contributed by atoms with Gasteiger partial charge in [-0.25, -0.2) is 13.6 Å². The number of carbonyl (C=O) groups is 1. The van der Waals surface area contributed by atoms with E-state index in [2.05, 4.69) is 11.6 Å². The zero-order chi connectivity index (χ0) is 26.4. The summed E-state index contributed by atoms with van der Waals surface area (Å²) in [5.74, 6) is -0.954. The van der Waals surface area contributed by atoms with Crippen molar-refractivity contribution in [3.8, 4) is 11.1 Å². The minimum Gasteiger partial charge on any atom is -0.379 e. The van der Waals surface area contributed by atoms with Gasteiger partial charge in [-0.05, 0) is 18.2 Å². The van der Waals surface area contributed by atoms with Crippen LogP contribution in [0.1, 0.15) is 0 Å². The van der Waals surface area contributed by atoms with Crippen LogP contribution in [-0.4, -0.2) is 65.5 Å². The Morgan fingerprint density at radius 3 is 2.57 bits per heavy atom. The highest BCUT2D eigenvalue weighted by molar-refractivity contribution is 7.99. The number of anilines is 1. The van der Waals surface area contributed by atoms with Crippen LogP contribution < -0.4 is 10.6 Å². The van der Waals surface area contributed by atoms with Gasteiger partial charge in [0.25, 0.3) is 0 Å². The number of benzene rings is 2. The first-order chi connectivity index (χ1) is 17.7. The third-order valence-corrected chi connectivity index (χ3v) is 8.44. The molecule has 1 fully saturated rings. The number of hydrogen-bond donors (Lipinski definition) is 0. The number of piperazine rings is 1. The molecule has 0 N–H and O–H groups in total. The van der Waals surface area contributed by atoms with Crippen molar-refractivity contribution in [1.29, 1.82) is 0 Å². The van der Waals surface area contributed by atoms with Crippen LogP contribution in [0.2, 0.25) is 10.0 Å². The van der Waals surface area contributed by atoms with Gasteiger partial charge >= 0.3 is 5.69 Å². The first-order valence-electron chi connectivity index (χ1n) is 11.5. The topological polar surface area (TPSA) is 67.7 Å². The van der Waals surface area contributed by atoms with Crippen LogP contribution in [0, 0.1) is 11.6 Å². The Balaban J connectivity index is 1.74. The Hall–Kier alpha value is -2.66. The van der Waals surface area contributed by atoms with Gasteiger partial charge in [-0.1, -0.05) is 29.8 Å². The van der Waals surface area contributed by atoms with E-state index in [0.717, 1.165) is 6.07 Å². The van der Waals surface area contributed by atoms with Gasteiger partial charge in [0.1, 0.15) is 17.5 Å². The summed E-state index contributed by atoms with van der Waals surface area (Å²) in [7, 11) is 1.56. The molecule has 1 atom stereocenters. The molecule has 2 aliphatic rings. The molecule has 3 aromatic rings. The number of nitrogens with zero attached hydrogens (tertiary/aromatic N) is 4. The standard InChI is InChI=1S/C25H22Cl2F2N4O3S/c1-3-20(34)31-4-6-32(7-5-31)24-15-9-17(27)21(14-8-16(26)19(29)10-18(14)28)23-22(15)33(25(35)30-24)11-13(36-2)12-37-23/h3,8-10,13H,1,4-7,11-12H2,2H3/t13-/m0/s1. The number of halogens is 4. The highest BCUT2D eigenvalue weighted by Gasteiger charge is 2.30. The van der Waals surface area contributed by atoms with Crippen LogP contribution in [0.15, 0.2) is 40.5 Å². The molecule has 0 saturated carbocycles. The number of rotatable bonds is 4. The lowest BCUT2D eigenvalue weighted by molar-refractivity contribution is -0.126. The average molecular weight is 567 g/mol. The molecule has 1 saturated heterocycles. The second kappa shape index (κ2) is 10.2. The first kappa shape index (κ1) is 26.0. The van der Waals surface area contributed by atoms with E-state index >= 15 is 4.39 Å². The van der Waals surface area contributed by atoms with Crippen LogP contribution in [0.5, 0.6) is 0 Å². The summed E-state index contributed by atoms with van der Waals surface area (Å²) in [6.45, 7) is 5.57. The molecule has 2 aliphatic heterocycles. The minimum atomic E-state index is -0.879. The molecule has 0 bridgehead atoms. The second-order valence-corrected chi connectivity index (χ2v) is 10.6. The van der Waals surface area contributed by atoms with Gasteiger partial charge < -0.3 is 14.5 Å². The quantitative estimate of drug-likeness (QED) is 0.339. The van der Waals surface area contributed by atoms with E-state index in [1.54, 1.807) is 18.1 Å². The maximum Gasteiger partial charge on any atom is 0.350 e. The van der Waals surface area contributed by atoms with Crippen LogP contribution in [0.4, 0.5) is 14.6 Å². The number of thioether (sulfide) groups is 1. The maximum absolute atomic E-state index is 15.0. The largest absolute Gasteiger partial charge is 0.379 e. The Morgan fingerprint density at radius 2 is 1.89 bits per heavy atom. The van der Waals surface area contributed by atoms with Gasteiger partial charge in [-0.2, -0.15) is 4.98 Å². The van der Waals surface area contributed by atoms with E-state index in [1.807, 2.05) is 4.90 Å². The number of amides is 1. The molecule has 0 spiro atoms. The lowest BCUT2D eigenvalue weighted by Crippen LogP contribution is -2.49. The van der Waals surface area contributed by atoms with Gasteiger partial charge in [-0.15, -0.1) is 11.8 Å². The van der Waals surface area contributed by atoms with Crippen LogP contribution in [0.25, 0.3) is 22.0 Å². The predicted octanol–water partition coefficient (Wildman–Crippen LogP) is 4.60. The third kappa shape index (κ3) is 4.60. The summed E-state index contributed by atoms with van der Waals surface area (Å²) in [6, 6.07) is 3.58. The molecule has 0 radical (unpaired) electrons. The monoisotopic (exact) mass is 566 g/mol. The van der Waals surface area contributed by atoms with Crippen LogP contribution in [-0.2, 0) is 16.1 Å². The SMILES string of the molecule is C=CC(=O)N1CCN(c2nc(=O)n3c4c(c(-c5cc(Cl)c(F)cc5F)c(Cl)cc24)SC[C@@H](OC)C3)CC1. The Kier molecular flexibility index (Phi) is 7.19. The summed E-state index contributed by atoms with van der Waals surface area (Å²) in [5.41, 5.74) is 0.416. The fraction of sp³-hybridized carbons (Fsp3) is 0.320. The molecule has 2 aromatic carbocycles. The fourth-order valence-corrected chi connectivity index (χ4v) is 6.56. The third-order valence-electron chi connectivity index (χ3n) is 6.63. The van der Waals surface area contributed by atoms with E-state index in [1.165, 1.54) is 28.5 Å². The number of methoxy groups -OCH3 is 1. The van der Waals surface area contributed by atoms with Crippen molar-refractivity contribution >= 4 is 57.6 Å².